The molecule has 2 rings (SSSR count). The van der Waals surface area contributed by atoms with Gasteiger partial charge in [-0.15, -0.1) is 11.3 Å². The Bertz CT molecular complexity index is 513. The Morgan fingerprint density at radius 2 is 2.24 bits per heavy atom. The SMILES string of the molecule is CCc1ccc(C(=O)Cc2cnn(CC)c2)s1. The zero-order valence-electron chi connectivity index (χ0n) is 10.1. The zero-order chi connectivity index (χ0) is 12.3. The standard InChI is InChI=1S/C13H16N2OS/c1-3-11-5-6-13(17-11)12(16)7-10-8-14-15(4-2)9-10/h5-6,8-9H,3-4,7H2,1-2H3. The van der Waals surface area contributed by atoms with E-state index in [4.69, 9.17) is 0 Å². The average molecular weight is 248 g/mol. The molecule has 0 unspecified atom stereocenters. The first-order valence-electron chi connectivity index (χ1n) is 5.86. The van der Waals surface area contributed by atoms with Crippen molar-refractivity contribution in [3.8, 4) is 0 Å². The Balaban J connectivity index is 2.05. The lowest BCUT2D eigenvalue weighted by molar-refractivity contribution is 0.0997. The lowest BCUT2D eigenvalue weighted by Crippen LogP contribution is -2.00. The summed E-state index contributed by atoms with van der Waals surface area (Å²) in [5.41, 5.74) is 0.989. The van der Waals surface area contributed by atoms with E-state index in [1.54, 1.807) is 17.5 Å². The predicted octanol–water partition coefficient (Wildman–Crippen LogP) is 2.95. The van der Waals surface area contributed by atoms with Crippen LogP contribution >= 0.6 is 11.3 Å². The van der Waals surface area contributed by atoms with Crippen LogP contribution in [0.5, 0.6) is 0 Å². The number of aryl methyl sites for hydroxylation is 2. The van der Waals surface area contributed by atoms with Gasteiger partial charge in [0.1, 0.15) is 0 Å². The third-order valence-electron chi connectivity index (χ3n) is 2.66. The highest BCUT2D eigenvalue weighted by atomic mass is 32.1. The monoisotopic (exact) mass is 248 g/mol. The van der Waals surface area contributed by atoms with Crippen LogP contribution in [-0.4, -0.2) is 15.6 Å². The number of ketones is 1. The zero-order valence-corrected chi connectivity index (χ0v) is 11.0. The Kier molecular flexibility index (Phi) is 3.74. The molecule has 0 aliphatic rings. The molecule has 0 N–H and O–H groups in total. The molecule has 2 heterocycles. The number of aromatic nitrogens is 2. The van der Waals surface area contributed by atoms with Gasteiger partial charge in [0.05, 0.1) is 11.1 Å². The van der Waals surface area contributed by atoms with E-state index in [2.05, 4.69) is 12.0 Å². The van der Waals surface area contributed by atoms with Gasteiger partial charge in [0.15, 0.2) is 5.78 Å². The summed E-state index contributed by atoms with van der Waals surface area (Å²) in [6.45, 7) is 4.98. The topological polar surface area (TPSA) is 34.9 Å². The average Bonchev–Trinajstić information content (AvgIpc) is 2.96. The largest absolute Gasteiger partial charge is 0.293 e. The fraction of sp³-hybridized carbons (Fsp3) is 0.385. The van der Waals surface area contributed by atoms with Gasteiger partial charge in [-0.1, -0.05) is 6.92 Å². The lowest BCUT2D eigenvalue weighted by Gasteiger charge is -1.95. The van der Waals surface area contributed by atoms with Crippen LogP contribution in [0.15, 0.2) is 24.5 Å². The van der Waals surface area contributed by atoms with Crippen molar-refractivity contribution in [2.45, 2.75) is 33.2 Å². The molecule has 90 valence electrons. The molecule has 0 atom stereocenters. The van der Waals surface area contributed by atoms with Gasteiger partial charge in [-0.05, 0) is 31.0 Å². The summed E-state index contributed by atoms with van der Waals surface area (Å²) in [5, 5.41) is 4.17. The van der Waals surface area contributed by atoms with Crippen molar-refractivity contribution < 1.29 is 4.79 Å². The first kappa shape index (κ1) is 12.0. The van der Waals surface area contributed by atoms with Crippen LogP contribution in [0.4, 0.5) is 0 Å². The van der Waals surface area contributed by atoms with E-state index in [0.717, 1.165) is 23.4 Å². The van der Waals surface area contributed by atoms with E-state index >= 15 is 0 Å². The molecular weight excluding hydrogens is 232 g/mol. The maximum absolute atomic E-state index is 12.0. The molecule has 2 aromatic rings. The van der Waals surface area contributed by atoms with Crippen LogP contribution in [0.2, 0.25) is 0 Å². The normalized spacial score (nSPS) is 10.7. The van der Waals surface area contributed by atoms with Crippen molar-refractivity contribution in [1.82, 2.24) is 9.78 Å². The quantitative estimate of drug-likeness (QED) is 0.762. The fourth-order valence-electron chi connectivity index (χ4n) is 1.66. The van der Waals surface area contributed by atoms with Crippen LogP contribution in [0, 0.1) is 0 Å². The molecule has 0 saturated carbocycles. The Hall–Kier alpha value is -1.42. The Morgan fingerprint density at radius 3 is 2.82 bits per heavy atom. The predicted molar refractivity (Wildman–Crippen MR) is 69.6 cm³/mol. The van der Waals surface area contributed by atoms with E-state index in [9.17, 15) is 4.79 Å². The Labute approximate surface area is 105 Å². The molecule has 17 heavy (non-hydrogen) atoms. The van der Waals surface area contributed by atoms with Gasteiger partial charge in [0.25, 0.3) is 0 Å². The summed E-state index contributed by atoms with van der Waals surface area (Å²) < 4.78 is 1.84. The summed E-state index contributed by atoms with van der Waals surface area (Å²) in [7, 11) is 0. The van der Waals surface area contributed by atoms with Crippen molar-refractivity contribution in [3.05, 3.63) is 39.8 Å². The molecule has 0 radical (unpaired) electrons. The number of rotatable bonds is 5. The molecule has 0 fully saturated rings. The van der Waals surface area contributed by atoms with Crippen LogP contribution in [0.1, 0.15) is 34.0 Å². The van der Waals surface area contributed by atoms with Crippen LogP contribution in [0.25, 0.3) is 0 Å². The first-order valence-corrected chi connectivity index (χ1v) is 6.67. The number of carbonyl (C=O) groups is 1. The number of hydrogen-bond acceptors (Lipinski definition) is 3. The molecule has 0 bridgehead atoms. The molecule has 0 aliphatic heterocycles. The van der Waals surface area contributed by atoms with Gasteiger partial charge in [0, 0.05) is 24.0 Å². The minimum absolute atomic E-state index is 0.186. The van der Waals surface area contributed by atoms with E-state index < -0.39 is 0 Å². The third kappa shape index (κ3) is 2.82. The highest BCUT2D eigenvalue weighted by Crippen LogP contribution is 2.18. The van der Waals surface area contributed by atoms with Gasteiger partial charge in [-0.2, -0.15) is 5.10 Å². The van der Waals surface area contributed by atoms with Crippen molar-refractivity contribution in [3.63, 3.8) is 0 Å². The minimum atomic E-state index is 0.186. The minimum Gasteiger partial charge on any atom is -0.293 e. The highest BCUT2D eigenvalue weighted by Gasteiger charge is 2.10. The number of hydrogen-bond donors (Lipinski definition) is 0. The second-order valence-electron chi connectivity index (χ2n) is 3.92. The maximum atomic E-state index is 12.0. The maximum Gasteiger partial charge on any atom is 0.177 e. The summed E-state index contributed by atoms with van der Waals surface area (Å²) >= 11 is 1.60. The Morgan fingerprint density at radius 1 is 1.41 bits per heavy atom. The van der Waals surface area contributed by atoms with Crippen molar-refractivity contribution in [2.75, 3.05) is 0 Å². The van der Waals surface area contributed by atoms with Crippen molar-refractivity contribution in [1.29, 1.82) is 0 Å². The van der Waals surface area contributed by atoms with E-state index in [1.807, 2.05) is 29.9 Å². The van der Waals surface area contributed by atoms with Crippen LogP contribution < -0.4 is 0 Å². The van der Waals surface area contributed by atoms with Gasteiger partial charge < -0.3 is 0 Å². The molecule has 0 aromatic carbocycles. The lowest BCUT2D eigenvalue weighted by atomic mass is 10.1. The van der Waals surface area contributed by atoms with E-state index in [-0.39, 0.29) is 5.78 Å². The van der Waals surface area contributed by atoms with Gasteiger partial charge in [-0.25, -0.2) is 0 Å². The van der Waals surface area contributed by atoms with Crippen LogP contribution in [0.3, 0.4) is 0 Å². The molecule has 2 aromatic heterocycles. The molecule has 0 saturated heterocycles. The summed E-state index contributed by atoms with van der Waals surface area (Å²) in [5.74, 6) is 0.186. The summed E-state index contributed by atoms with van der Waals surface area (Å²) in [6.07, 6.45) is 5.15. The molecule has 0 spiro atoms. The molecular formula is C13H16N2OS. The second kappa shape index (κ2) is 5.27. The number of Topliss-reactive ketones (excluding diaryl/α,β-unsaturated/α-hetero) is 1. The van der Waals surface area contributed by atoms with Gasteiger partial charge in [-0.3, -0.25) is 9.48 Å². The van der Waals surface area contributed by atoms with Crippen LogP contribution in [-0.2, 0) is 19.4 Å². The number of thiophene rings is 1. The molecule has 4 heteroatoms. The number of carbonyl (C=O) groups excluding carboxylic acids is 1. The van der Waals surface area contributed by atoms with Gasteiger partial charge in [0.2, 0.25) is 0 Å². The third-order valence-corrected chi connectivity index (χ3v) is 3.93. The van der Waals surface area contributed by atoms with E-state index in [0.29, 0.717) is 6.42 Å². The smallest absolute Gasteiger partial charge is 0.177 e. The summed E-state index contributed by atoms with van der Waals surface area (Å²) in [4.78, 5) is 14.1. The molecule has 0 aliphatic carbocycles. The van der Waals surface area contributed by atoms with Gasteiger partial charge >= 0.3 is 0 Å². The number of nitrogens with zero attached hydrogens (tertiary/aromatic N) is 2. The van der Waals surface area contributed by atoms with Crippen molar-refractivity contribution in [2.24, 2.45) is 0 Å². The first-order chi connectivity index (χ1) is 8.22. The second-order valence-corrected chi connectivity index (χ2v) is 5.09. The van der Waals surface area contributed by atoms with E-state index in [1.165, 1.54) is 4.88 Å². The molecule has 0 amide bonds. The summed E-state index contributed by atoms with van der Waals surface area (Å²) in [6, 6.07) is 3.96. The highest BCUT2D eigenvalue weighted by molar-refractivity contribution is 7.14. The fourth-order valence-corrected chi connectivity index (χ4v) is 2.55. The van der Waals surface area contributed by atoms with Crippen molar-refractivity contribution >= 4 is 17.1 Å². The molecule has 3 nitrogen and oxygen atoms in total.